The van der Waals surface area contributed by atoms with E-state index in [0.29, 0.717) is 12.8 Å². The summed E-state index contributed by atoms with van der Waals surface area (Å²) in [6, 6.07) is 0. The molecule has 0 spiro atoms. The van der Waals surface area contributed by atoms with E-state index >= 15 is 0 Å². The molecule has 0 fully saturated rings. The van der Waals surface area contributed by atoms with Crippen LogP contribution in [0.5, 0.6) is 0 Å². The summed E-state index contributed by atoms with van der Waals surface area (Å²) < 4.78 is 12.3. The number of alkyl halides is 1. The van der Waals surface area contributed by atoms with Crippen LogP contribution >= 0.6 is 0 Å². The van der Waals surface area contributed by atoms with Gasteiger partial charge in [0.05, 0.1) is 0 Å². The molecule has 0 rings (SSSR count). The summed E-state index contributed by atoms with van der Waals surface area (Å²) in [6.07, 6.45) is 0.678. The number of hydrogen-bond donors (Lipinski definition) is 1. The molecule has 0 unspecified atom stereocenters. The molecule has 0 aliphatic rings. The van der Waals surface area contributed by atoms with Gasteiger partial charge in [-0.05, 0) is 26.4 Å². The highest BCUT2D eigenvalue weighted by atomic mass is 19.1. The van der Waals surface area contributed by atoms with Crippen LogP contribution in [-0.4, -0.2) is 19.8 Å². The molecule has 0 amide bonds. The Morgan fingerprint density at radius 2 is 2.25 bits per heavy atom. The minimum atomic E-state index is -0.609. The van der Waals surface area contributed by atoms with Crippen LogP contribution in [0.25, 0.3) is 0 Å². The third-order valence-corrected chi connectivity index (χ3v) is 1.15. The summed E-state index contributed by atoms with van der Waals surface area (Å²) >= 11 is 0. The van der Waals surface area contributed by atoms with E-state index in [-0.39, 0.29) is 0 Å². The maximum absolute atomic E-state index is 12.3. The van der Waals surface area contributed by atoms with Gasteiger partial charge in [0.2, 0.25) is 0 Å². The number of hydrogen-bond acceptors (Lipinski definition) is 1. The maximum Gasteiger partial charge on any atom is 0.101 e. The van der Waals surface area contributed by atoms with E-state index < -0.39 is 6.17 Å². The average molecular weight is 119 g/mol. The van der Waals surface area contributed by atoms with Crippen molar-refractivity contribution in [1.82, 2.24) is 5.32 Å². The van der Waals surface area contributed by atoms with Gasteiger partial charge in [0.1, 0.15) is 6.17 Å². The molecule has 0 aliphatic carbocycles. The van der Waals surface area contributed by atoms with Crippen molar-refractivity contribution in [2.45, 2.75) is 25.9 Å². The quantitative estimate of drug-likeness (QED) is 0.589. The first-order valence-corrected chi connectivity index (χ1v) is 3.10. The summed E-state index contributed by atoms with van der Waals surface area (Å²) in [4.78, 5) is 0. The first kappa shape index (κ1) is 7.89. The molecule has 0 aliphatic heterocycles. The fraction of sp³-hybridized carbons (Fsp3) is 1.00. The molecule has 0 bridgehead atoms. The van der Waals surface area contributed by atoms with Crippen LogP contribution in [0.4, 0.5) is 4.39 Å². The monoisotopic (exact) mass is 119 g/mol. The minimum absolute atomic E-state index is 0.609. The second-order valence-electron chi connectivity index (χ2n) is 1.90. The standard InChI is InChI=1S/C6H14FN/c1-3-6(7)4-5-8-2/h6,8H,3-5H2,1-2H3/t6-/m1/s1. The summed E-state index contributed by atoms with van der Waals surface area (Å²) in [5, 5.41) is 2.89. The second kappa shape index (κ2) is 5.04. The molecule has 1 atom stereocenters. The Morgan fingerprint density at radius 1 is 1.62 bits per heavy atom. The lowest BCUT2D eigenvalue weighted by molar-refractivity contribution is 0.304. The summed E-state index contributed by atoms with van der Waals surface area (Å²) in [6.45, 7) is 2.65. The molecule has 8 heavy (non-hydrogen) atoms. The molecule has 0 saturated heterocycles. The highest BCUT2D eigenvalue weighted by molar-refractivity contribution is 4.52. The van der Waals surface area contributed by atoms with Crippen LogP contribution in [0.2, 0.25) is 0 Å². The van der Waals surface area contributed by atoms with Crippen molar-refractivity contribution in [1.29, 1.82) is 0 Å². The molecule has 0 heterocycles. The molecule has 0 aromatic rings. The van der Waals surface area contributed by atoms with Gasteiger partial charge in [-0.3, -0.25) is 0 Å². The van der Waals surface area contributed by atoms with E-state index in [1.54, 1.807) is 0 Å². The second-order valence-corrected chi connectivity index (χ2v) is 1.90. The Bertz CT molecular complexity index is 47.8. The van der Waals surface area contributed by atoms with Crippen LogP contribution in [0, 0.1) is 0 Å². The van der Waals surface area contributed by atoms with E-state index in [0.717, 1.165) is 6.54 Å². The van der Waals surface area contributed by atoms with Crippen LogP contribution in [0.3, 0.4) is 0 Å². The van der Waals surface area contributed by atoms with Crippen molar-refractivity contribution in [3.05, 3.63) is 0 Å². The van der Waals surface area contributed by atoms with Crippen LogP contribution in [-0.2, 0) is 0 Å². The van der Waals surface area contributed by atoms with E-state index in [9.17, 15) is 4.39 Å². The Labute approximate surface area is 50.3 Å². The predicted octanol–water partition coefficient (Wildman–Crippen LogP) is 1.34. The van der Waals surface area contributed by atoms with Crippen molar-refractivity contribution in [2.24, 2.45) is 0 Å². The Hall–Kier alpha value is -0.110. The van der Waals surface area contributed by atoms with Gasteiger partial charge in [0.15, 0.2) is 0 Å². The topological polar surface area (TPSA) is 12.0 Å². The largest absolute Gasteiger partial charge is 0.320 e. The predicted molar refractivity (Wildman–Crippen MR) is 33.7 cm³/mol. The van der Waals surface area contributed by atoms with Gasteiger partial charge in [-0.25, -0.2) is 4.39 Å². The maximum atomic E-state index is 12.3. The van der Waals surface area contributed by atoms with E-state index in [2.05, 4.69) is 5.32 Å². The van der Waals surface area contributed by atoms with Gasteiger partial charge in [-0.2, -0.15) is 0 Å². The zero-order valence-corrected chi connectivity index (χ0v) is 5.58. The molecular formula is C6H14FN. The number of halogens is 1. The smallest absolute Gasteiger partial charge is 0.101 e. The Balaban J connectivity index is 2.86. The van der Waals surface area contributed by atoms with Gasteiger partial charge in [-0.15, -0.1) is 0 Å². The van der Waals surface area contributed by atoms with E-state index in [4.69, 9.17) is 0 Å². The molecule has 2 heteroatoms. The summed E-state index contributed by atoms with van der Waals surface area (Å²) in [5.74, 6) is 0. The fourth-order valence-corrected chi connectivity index (χ4v) is 0.505. The third-order valence-electron chi connectivity index (χ3n) is 1.15. The van der Waals surface area contributed by atoms with Gasteiger partial charge in [-0.1, -0.05) is 6.92 Å². The highest BCUT2D eigenvalue weighted by Crippen LogP contribution is 1.99. The van der Waals surface area contributed by atoms with Gasteiger partial charge in [0, 0.05) is 0 Å². The summed E-state index contributed by atoms with van der Waals surface area (Å²) in [5.41, 5.74) is 0. The Kier molecular flexibility index (Phi) is 4.97. The van der Waals surface area contributed by atoms with E-state index in [1.165, 1.54) is 0 Å². The zero-order chi connectivity index (χ0) is 6.41. The number of rotatable bonds is 4. The fourth-order valence-electron chi connectivity index (χ4n) is 0.505. The van der Waals surface area contributed by atoms with Gasteiger partial charge < -0.3 is 5.32 Å². The lowest BCUT2D eigenvalue weighted by Gasteiger charge is -2.01. The van der Waals surface area contributed by atoms with Gasteiger partial charge >= 0.3 is 0 Å². The Morgan fingerprint density at radius 3 is 2.62 bits per heavy atom. The molecular weight excluding hydrogens is 105 g/mol. The normalized spacial score (nSPS) is 13.9. The van der Waals surface area contributed by atoms with Crippen molar-refractivity contribution < 1.29 is 4.39 Å². The van der Waals surface area contributed by atoms with Crippen molar-refractivity contribution in [3.8, 4) is 0 Å². The van der Waals surface area contributed by atoms with Crippen molar-refractivity contribution >= 4 is 0 Å². The summed E-state index contributed by atoms with van der Waals surface area (Å²) in [7, 11) is 1.84. The lowest BCUT2D eigenvalue weighted by atomic mass is 10.2. The first-order valence-electron chi connectivity index (χ1n) is 3.10. The SMILES string of the molecule is CC[C@@H](F)CCNC. The van der Waals surface area contributed by atoms with Crippen LogP contribution < -0.4 is 5.32 Å². The molecule has 0 radical (unpaired) electrons. The average Bonchev–Trinajstić information content (AvgIpc) is 1.83. The van der Waals surface area contributed by atoms with Crippen LogP contribution in [0.1, 0.15) is 19.8 Å². The van der Waals surface area contributed by atoms with E-state index in [1.807, 2.05) is 14.0 Å². The molecule has 0 aromatic heterocycles. The molecule has 0 saturated carbocycles. The first-order chi connectivity index (χ1) is 3.81. The molecule has 1 nitrogen and oxygen atoms in total. The molecule has 0 aromatic carbocycles. The van der Waals surface area contributed by atoms with Gasteiger partial charge in [0.25, 0.3) is 0 Å². The molecule has 50 valence electrons. The lowest BCUT2D eigenvalue weighted by Crippen LogP contribution is -2.12. The highest BCUT2D eigenvalue weighted by Gasteiger charge is 1.99. The minimum Gasteiger partial charge on any atom is -0.320 e. The zero-order valence-electron chi connectivity index (χ0n) is 5.58. The van der Waals surface area contributed by atoms with Crippen molar-refractivity contribution in [2.75, 3.05) is 13.6 Å². The third kappa shape index (κ3) is 4.06. The molecule has 1 N–H and O–H groups in total. The van der Waals surface area contributed by atoms with Crippen molar-refractivity contribution in [3.63, 3.8) is 0 Å². The number of nitrogens with one attached hydrogen (secondary N) is 1. The van der Waals surface area contributed by atoms with Crippen LogP contribution in [0.15, 0.2) is 0 Å².